The standard InChI is InChI=1S/C18H20N4O3/c1-2-21-17(24)15-10-20(7-8-22(15)18(21)25)16-13(11-23)9-12-5-3-4-6-14(12)19-16/h3-6,9,15,23H,2,7-8,10-11H2,1H3. The summed E-state index contributed by atoms with van der Waals surface area (Å²) in [6, 6.07) is 9.01. The fourth-order valence-electron chi connectivity index (χ4n) is 3.68. The summed E-state index contributed by atoms with van der Waals surface area (Å²) in [4.78, 5) is 34.4. The number of benzene rings is 1. The van der Waals surface area contributed by atoms with Gasteiger partial charge in [-0.3, -0.25) is 9.69 Å². The van der Waals surface area contributed by atoms with Gasteiger partial charge < -0.3 is 14.9 Å². The number of urea groups is 1. The van der Waals surface area contributed by atoms with Gasteiger partial charge in [0.2, 0.25) is 0 Å². The first-order valence-corrected chi connectivity index (χ1v) is 8.50. The van der Waals surface area contributed by atoms with Gasteiger partial charge in [0.15, 0.2) is 0 Å². The topological polar surface area (TPSA) is 77.0 Å². The SMILES string of the molecule is CCN1C(=O)C2CN(c3nc4ccccc4cc3CO)CCN2C1=O. The third-order valence-corrected chi connectivity index (χ3v) is 4.97. The highest BCUT2D eigenvalue weighted by Gasteiger charge is 2.47. The van der Waals surface area contributed by atoms with Crippen LogP contribution in [0.2, 0.25) is 0 Å². The summed E-state index contributed by atoms with van der Waals surface area (Å²) in [7, 11) is 0. The Hall–Kier alpha value is -2.67. The Morgan fingerprint density at radius 3 is 2.80 bits per heavy atom. The van der Waals surface area contributed by atoms with Crippen molar-refractivity contribution >= 4 is 28.7 Å². The molecule has 2 aliphatic rings. The first kappa shape index (κ1) is 15.8. The predicted octanol–water partition coefficient (Wildman–Crippen LogP) is 1.20. The maximum absolute atomic E-state index is 12.5. The lowest BCUT2D eigenvalue weighted by atomic mass is 10.1. The number of amides is 3. The van der Waals surface area contributed by atoms with Gasteiger partial charge in [0.1, 0.15) is 11.9 Å². The van der Waals surface area contributed by atoms with Crippen LogP contribution >= 0.6 is 0 Å². The van der Waals surface area contributed by atoms with E-state index in [1.54, 1.807) is 11.8 Å². The van der Waals surface area contributed by atoms with Crippen LogP contribution in [0.5, 0.6) is 0 Å². The van der Waals surface area contributed by atoms with Gasteiger partial charge in [-0.1, -0.05) is 18.2 Å². The van der Waals surface area contributed by atoms with Gasteiger partial charge in [-0.05, 0) is 19.1 Å². The van der Waals surface area contributed by atoms with Crippen LogP contribution in [0.1, 0.15) is 12.5 Å². The third-order valence-electron chi connectivity index (χ3n) is 4.97. The number of rotatable bonds is 3. The number of aliphatic hydroxyl groups is 1. The van der Waals surface area contributed by atoms with Crippen LogP contribution in [0, 0.1) is 0 Å². The van der Waals surface area contributed by atoms with E-state index < -0.39 is 6.04 Å². The van der Waals surface area contributed by atoms with Crippen molar-refractivity contribution in [3.63, 3.8) is 0 Å². The lowest BCUT2D eigenvalue weighted by Crippen LogP contribution is -2.53. The minimum Gasteiger partial charge on any atom is -0.392 e. The zero-order valence-electron chi connectivity index (χ0n) is 14.1. The summed E-state index contributed by atoms with van der Waals surface area (Å²) in [5.41, 5.74) is 1.58. The average molecular weight is 340 g/mol. The number of carbonyl (C=O) groups is 2. The zero-order chi connectivity index (χ0) is 17.6. The maximum Gasteiger partial charge on any atom is 0.327 e. The van der Waals surface area contributed by atoms with Crippen molar-refractivity contribution in [2.45, 2.75) is 19.6 Å². The molecular weight excluding hydrogens is 320 g/mol. The number of anilines is 1. The number of pyridine rings is 1. The summed E-state index contributed by atoms with van der Waals surface area (Å²) in [5, 5.41) is 10.7. The van der Waals surface area contributed by atoms with E-state index in [0.29, 0.717) is 32.0 Å². The Bertz CT molecular complexity index is 853. The number of nitrogens with zero attached hydrogens (tertiary/aromatic N) is 4. The molecule has 2 aliphatic heterocycles. The van der Waals surface area contributed by atoms with Crippen molar-refractivity contribution in [3.05, 3.63) is 35.9 Å². The van der Waals surface area contributed by atoms with E-state index in [1.165, 1.54) is 4.90 Å². The Morgan fingerprint density at radius 2 is 2.04 bits per heavy atom. The molecule has 1 N–H and O–H groups in total. The molecule has 25 heavy (non-hydrogen) atoms. The number of likely N-dealkylation sites (N-methyl/N-ethyl adjacent to an activating group) is 1. The number of piperazine rings is 1. The molecule has 1 aromatic heterocycles. The number of para-hydroxylation sites is 1. The largest absolute Gasteiger partial charge is 0.392 e. The van der Waals surface area contributed by atoms with Crippen molar-refractivity contribution in [2.24, 2.45) is 0 Å². The number of aromatic nitrogens is 1. The van der Waals surface area contributed by atoms with Gasteiger partial charge in [0.25, 0.3) is 5.91 Å². The van der Waals surface area contributed by atoms with Crippen LogP contribution in [0.4, 0.5) is 10.6 Å². The van der Waals surface area contributed by atoms with E-state index in [9.17, 15) is 14.7 Å². The molecular formula is C18H20N4O3. The van der Waals surface area contributed by atoms with Crippen molar-refractivity contribution in [2.75, 3.05) is 31.1 Å². The molecule has 0 saturated carbocycles. The monoisotopic (exact) mass is 340 g/mol. The van der Waals surface area contributed by atoms with Crippen LogP contribution in [0.3, 0.4) is 0 Å². The Labute approximate surface area is 145 Å². The minimum absolute atomic E-state index is 0.119. The molecule has 7 heteroatoms. The van der Waals surface area contributed by atoms with Crippen molar-refractivity contribution in [1.82, 2.24) is 14.8 Å². The maximum atomic E-state index is 12.5. The average Bonchev–Trinajstić information content (AvgIpc) is 2.90. The van der Waals surface area contributed by atoms with Crippen molar-refractivity contribution in [1.29, 1.82) is 0 Å². The molecule has 3 amide bonds. The van der Waals surface area contributed by atoms with Gasteiger partial charge >= 0.3 is 6.03 Å². The molecule has 0 spiro atoms. The summed E-state index contributed by atoms with van der Waals surface area (Å²) in [6.07, 6.45) is 0. The fourth-order valence-corrected chi connectivity index (χ4v) is 3.68. The van der Waals surface area contributed by atoms with Crippen molar-refractivity contribution < 1.29 is 14.7 Å². The minimum atomic E-state index is -0.471. The van der Waals surface area contributed by atoms with Gasteiger partial charge in [-0.25, -0.2) is 9.78 Å². The van der Waals surface area contributed by atoms with Gasteiger partial charge in [0.05, 0.1) is 12.1 Å². The van der Waals surface area contributed by atoms with Crippen LogP contribution in [0.15, 0.2) is 30.3 Å². The molecule has 1 aromatic carbocycles. The van der Waals surface area contributed by atoms with E-state index in [-0.39, 0.29) is 18.5 Å². The second kappa shape index (κ2) is 6.00. The van der Waals surface area contributed by atoms with Crippen LogP contribution in [-0.2, 0) is 11.4 Å². The Balaban J connectivity index is 1.68. The fraction of sp³-hybridized carbons (Fsp3) is 0.389. The highest BCUT2D eigenvalue weighted by atomic mass is 16.3. The van der Waals surface area contributed by atoms with E-state index in [0.717, 1.165) is 16.5 Å². The lowest BCUT2D eigenvalue weighted by molar-refractivity contribution is -0.128. The molecule has 0 aliphatic carbocycles. The third kappa shape index (κ3) is 2.42. The number of imide groups is 1. The van der Waals surface area contributed by atoms with Gasteiger partial charge in [-0.15, -0.1) is 0 Å². The molecule has 3 heterocycles. The summed E-state index contributed by atoms with van der Waals surface area (Å²) < 4.78 is 0. The first-order chi connectivity index (χ1) is 12.1. The molecule has 0 bridgehead atoms. The van der Waals surface area contributed by atoms with Crippen LogP contribution in [-0.4, -0.2) is 64.0 Å². The second-order valence-electron chi connectivity index (χ2n) is 6.34. The molecule has 7 nitrogen and oxygen atoms in total. The highest BCUT2D eigenvalue weighted by Crippen LogP contribution is 2.28. The number of fused-ring (bicyclic) bond motifs is 2. The second-order valence-corrected chi connectivity index (χ2v) is 6.34. The highest BCUT2D eigenvalue weighted by molar-refractivity contribution is 6.04. The molecule has 130 valence electrons. The van der Waals surface area contributed by atoms with E-state index in [4.69, 9.17) is 4.98 Å². The molecule has 4 rings (SSSR count). The van der Waals surface area contributed by atoms with Gasteiger partial charge in [-0.2, -0.15) is 0 Å². The molecule has 1 unspecified atom stereocenters. The van der Waals surface area contributed by atoms with Crippen LogP contribution in [0.25, 0.3) is 10.9 Å². The summed E-state index contributed by atoms with van der Waals surface area (Å²) in [6.45, 7) is 3.55. The normalized spacial score (nSPS) is 20.6. The number of aliphatic hydroxyl groups excluding tert-OH is 1. The summed E-state index contributed by atoms with van der Waals surface area (Å²) >= 11 is 0. The number of hydrogen-bond acceptors (Lipinski definition) is 5. The smallest absolute Gasteiger partial charge is 0.327 e. The van der Waals surface area contributed by atoms with E-state index in [1.807, 2.05) is 35.2 Å². The Kier molecular flexibility index (Phi) is 3.80. The molecule has 2 aromatic rings. The molecule has 2 saturated heterocycles. The quantitative estimate of drug-likeness (QED) is 0.850. The molecule has 0 radical (unpaired) electrons. The van der Waals surface area contributed by atoms with E-state index >= 15 is 0 Å². The number of hydrogen-bond donors (Lipinski definition) is 1. The first-order valence-electron chi connectivity index (χ1n) is 8.50. The van der Waals surface area contributed by atoms with Crippen LogP contribution < -0.4 is 4.90 Å². The predicted molar refractivity (Wildman–Crippen MR) is 93.2 cm³/mol. The van der Waals surface area contributed by atoms with Crippen molar-refractivity contribution in [3.8, 4) is 0 Å². The number of carbonyl (C=O) groups excluding carboxylic acids is 2. The van der Waals surface area contributed by atoms with E-state index in [2.05, 4.69) is 0 Å². The molecule has 2 fully saturated rings. The zero-order valence-corrected chi connectivity index (χ0v) is 14.1. The lowest BCUT2D eigenvalue weighted by Gasteiger charge is -2.36. The summed E-state index contributed by atoms with van der Waals surface area (Å²) in [5.74, 6) is 0.541. The Morgan fingerprint density at radius 1 is 1.24 bits per heavy atom. The van der Waals surface area contributed by atoms with Gasteiger partial charge in [0, 0.05) is 37.1 Å². The molecule has 1 atom stereocenters.